The third-order valence-corrected chi connectivity index (χ3v) is 3.29. The summed E-state index contributed by atoms with van der Waals surface area (Å²) in [5.74, 6) is 0.260. The number of ether oxygens (including phenoxy) is 1. The topological polar surface area (TPSA) is 35.8 Å². The highest BCUT2D eigenvalue weighted by Gasteiger charge is 2.41. The molecular weight excluding hydrogens is 266 g/mol. The van der Waals surface area contributed by atoms with Crippen molar-refractivity contribution in [1.29, 1.82) is 0 Å². The molecule has 0 unspecified atom stereocenters. The molecule has 2 rings (SSSR count). The van der Waals surface area contributed by atoms with Gasteiger partial charge in [0.1, 0.15) is 0 Å². The average molecular weight is 288 g/mol. The van der Waals surface area contributed by atoms with Gasteiger partial charge in [-0.05, 0) is 30.7 Å². The second-order valence-electron chi connectivity index (χ2n) is 5.32. The lowest BCUT2D eigenvalue weighted by atomic mass is 10.1. The summed E-state index contributed by atoms with van der Waals surface area (Å²) in [7, 11) is 7.71. The molecule has 1 aliphatic heterocycles. The Morgan fingerprint density at radius 2 is 1.86 bits per heavy atom. The molecular formula is C16H22N3O2+. The molecule has 0 aliphatic carbocycles. The van der Waals surface area contributed by atoms with Gasteiger partial charge in [-0.1, -0.05) is 12.1 Å². The van der Waals surface area contributed by atoms with Crippen LogP contribution in [0.1, 0.15) is 12.5 Å². The van der Waals surface area contributed by atoms with Crippen molar-refractivity contribution in [1.82, 2.24) is 4.90 Å². The summed E-state index contributed by atoms with van der Waals surface area (Å²) in [4.78, 5) is 16.0. The van der Waals surface area contributed by atoms with E-state index in [-0.39, 0.29) is 5.91 Å². The first-order valence-electron chi connectivity index (χ1n) is 6.97. The van der Waals surface area contributed by atoms with Gasteiger partial charge in [-0.3, -0.25) is 0 Å². The molecule has 1 aliphatic rings. The molecule has 5 nitrogen and oxygen atoms in total. The first-order chi connectivity index (χ1) is 9.93. The number of amides is 1. The van der Waals surface area contributed by atoms with Gasteiger partial charge < -0.3 is 9.64 Å². The van der Waals surface area contributed by atoms with Crippen molar-refractivity contribution in [2.45, 2.75) is 6.92 Å². The molecule has 1 fully saturated rings. The van der Waals surface area contributed by atoms with Crippen LogP contribution in [0.5, 0.6) is 0 Å². The lowest BCUT2D eigenvalue weighted by molar-refractivity contribution is -0.478. The van der Waals surface area contributed by atoms with E-state index in [0.717, 1.165) is 11.3 Å². The first-order valence-corrected chi connectivity index (χ1v) is 6.97. The Balaban J connectivity index is 2.29. The largest absolute Gasteiger partial charge is 0.459 e. The van der Waals surface area contributed by atoms with Crippen LogP contribution in [0.4, 0.5) is 5.69 Å². The number of nitrogens with zero attached hydrogens (tertiary/aromatic N) is 3. The van der Waals surface area contributed by atoms with Crippen LogP contribution in [-0.4, -0.2) is 56.1 Å². The minimum Gasteiger partial charge on any atom is -0.383 e. The van der Waals surface area contributed by atoms with Gasteiger partial charge in [0.2, 0.25) is 5.76 Å². The van der Waals surface area contributed by atoms with E-state index in [1.165, 1.54) is 0 Å². The zero-order chi connectivity index (χ0) is 15.6. The standard InChI is InChI=1S/C16H22N3O2/c1-6-19-15(20)14(21-16(19)18(4)5)11-12-7-9-13(10-8-12)17(2)3/h7-11H,6H2,1-5H3/q+1/b14-11+. The molecule has 5 heteroatoms. The number of likely N-dealkylation sites (N-methyl/N-ethyl adjacent to an activating group) is 1. The molecule has 112 valence electrons. The molecule has 21 heavy (non-hydrogen) atoms. The maximum Gasteiger partial charge on any atom is 0.459 e. The Bertz CT molecular complexity index is 596. The van der Waals surface area contributed by atoms with E-state index in [2.05, 4.69) is 0 Å². The molecule has 0 aromatic heterocycles. The number of rotatable bonds is 3. The lowest BCUT2D eigenvalue weighted by Crippen LogP contribution is -2.34. The first kappa shape index (κ1) is 15.1. The molecule has 1 aromatic rings. The van der Waals surface area contributed by atoms with Crippen LogP contribution in [0.2, 0.25) is 0 Å². The predicted molar refractivity (Wildman–Crippen MR) is 84.3 cm³/mol. The van der Waals surface area contributed by atoms with Crippen LogP contribution >= 0.6 is 0 Å². The maximum absolute atomic E-state index is 12.3. The normalized spacial score (nSPS) is 16.4. The van der Waals surface area contributed by atoms with E-state index in [4.69, 9.17) is 4.74 Å². The number of carbonyl (C=O) groups is 1. The van der Waals surface area contributed by atoms with Gasteiger partial charge in [-0.15, -0.1) is 0 Å². The Morgan fingerprint density at radius 1 is 1.24 bits per heavy atom. The number of carbonyl (C=O) groups excluding carboxylic acids is 1. The third-order valence-electron chi connectivity index (χ3n) is 3.29. The fourth-order valence-corrected chi connectivity index (χ4v) is 2.14. The molecule has 0 radical (unpaired) electrons. The van der Waals surface area contributed by atoms with Gasteiger partial charge >= 0.3 is 11.9 Å². The van der Waals surface area contributed by atoms with Crippen molar-refractivity contribution in [3.05, 3.63) is 35.6 Å². The molecule has 0 atom stereocenters. The molecule has 0 bridgehead atoms. The van der Waals surface area contributed by atoms with Gasteiger partial charge in [0.25, 0.3) is 0 Å². The Labute approximate surface area is 125 Å². The predicted octanol–water partition coefficient (Wildman–Crippen LogP) is 1.60. The van der Waals surface area contributed by atoms with Gasteiger partial charge in [0.05, 0.1) is 20.6 Å². The zero-order valence-electron chi connectivity index (χ0n) is 13.3. The van der Waals surface area contributed by atoms with Crippen LogP contribution in [-0.2, 0) is 9.53 Å². The Hall–Kier alpha value is -2.30. The van der Waals surface area contributed by atoms with Crippen LogP contribution in [0.15, 0.2) is 30.0 Å². The highest BCUT2D eigenvalue weighted by atomic mass is 16.5. The van der Waals surface area contributed by atoms with E-state index in [1.54, 1.807) is 15.6 Å². The second kappa shape index (κ2) is 5.99. The van der Waals surface area contributed by atoms with Gasteiger partial charge in [0.15, 0.2) is 0 Å². The highest BCUT2D eigenvalue weighted by Crippen LogP contribution is 2.20. The number of hydrogen-bond acceptors (Lipinski definition) is 3. The molecule has 1 saturated heterocycles. The van der Waals surface area contributed by atoms with Crippen LogP contribution < -0.4 is 4.90 Å². The SMILES string of the molecule is CCN1C(=O)/C(=C\c2ccc(N(C)C)cc2)OC1=[N+](C)C. The van der Waals surface area contributed by atoms with E-state index in [9.17, 15) is 4.79 Å². The van der Waals surface area contributed by atoms with E-state index >= 15 is 0 Å². The summed E-state index contributed by atoms with van der Waals surface area (Å²) in [6, 6.07) is 8.55. The van der Waals surface area contributed by atoms with E-state index in [1.807, 2.05) is 64.3 Å². The summed E-state index contributed by atoms with van der Waals surface area (Å²) in [6.45, 7) is 2.52. The summed E-state index contributed by atoms with van der Waals surface area (Å²) in [5.41, 5.74) is 2.06. The quantitative estimate of drug-likeness (QED) is 0.626. The molecule has 1 aromatic carbocycles. The van der Waals surface area contributed by atoms with Crippen molar-refractivity contribution in [2.75, 3.05) is 39.6 Å². The molecule has 1 heterocycles. The summed E-state index contributed by atoms with van der Waals surface area (Å²) in [5, 5.41) is 0. The van der Waals surface area contributed by atoms with Gasteiger partial charge in [0, 0.05) is 19.8 Å². The van der Waals surface area contributed by atoms with Crippen LogP contribution in [0.25, 0.3) is 6.08 Å². The molecule has 0 saturated carbocycles. The lowest BCUT2D eigenvalue weighted by Gasteiger charge is -2.11. The fraction of sp³-hybridized carbons (Fsp3) is 0.375. The number of anilines is 1. The Morgan fingerprint density at radius 3 is 2.29 bits per heavy atom. The Kier molecular flexibility index (Phi) is 4.31. The summed E-state index contributed by atoms with van der Waals surface area (Å²) < 4.78 is 7.49. The van der Waals surface area contributed by atoms with Crippen molar-refractivity contribution in [3.8, 4) is 0 Å². The van der Waals surface area contributed by atoms with Crippen molar-refractivity contribution in [3.63, 3.8) is 0 Å². The van der Waals surface area contributed by atoms with E-state index < -0.39 is 0 Å². The summed E-state index contributed by atoms with van der Waals surface area (Å²) in [6.07, 6.45) is 1.78. The van der Waals surface area contributed by atoms with Gasteiger partial charge in [-0.25, -0.2) is 9.37 Å². The second-order valence-corrected chi connectivity index (χ2v) is 5.32. The van der Waals surface area contributed by atoms with Crippen molar-refractivity contribution < 1.29 is 14.1 Å². The van der Waals surface area contributed by atoms with E-state index in [0.29, 0.717) is 18.3 Å². The highest BCUT2D eigenvalue weighted by molar-refractivity contribution is 6.10. The monoisotopic (exact) mass is 288 g/mol. The van der Waals surface area contributed by atoms with Gasteiger partial charge in [-0.2, -0.15) is 4.90 Å². The fourth-order valence-electron chi connectivity index (χ4n) is 2.14. The number of amidine groups is 1. The minimum atomic E-state index is -0.0992. The third kappa shape index (κ3) is 3.07. The molecule has 0 N–H and O–H groups in total. The van der Waals surface area contributed by atoms with Crippen molar-refractivity contribution in [2.24, 2.45) is 0 Å². The smallest absolute Gasteiger partial charge is 0.383 e. The van der Waals surface area contributed by atoms with Crippen molar-refractivity contribution >= 4 is 23.7 Å². The zero-order valence-corrected chi connectivity index (χ0v) is 13.3. The summed E-state index contributed by atoms with van der Waals surface area (Å²) >= 11 is 0. The average Bonchev–Trinajstić information content (AvgIpc) is 2.76. The minimum absolute atomic E-state index is 0.0992. The van der Waals surface area contributed by atoms with Crippen LogP contribution in [0, 0.1) is 0 Å². The molecule has 1 amide bonds. The number of hydrogen-bond donors (Lipinski definition) is 0. The number of benzene rings is 1. The molecule has 0 spiro atoms. The maximum atomic E-state index is 12.3. The van der Waals surface area contributed by atoms with Crippen LogP contribution in [0.3, 0.4) is 0 Å².